The first-order valence-corrected chi connectivity index (χ1v) is 23.1. The summed E-state index contributed by atoms with van der Waals surface area (Å²) in [6, 6.07) is 15.9. The van der Waals surface area contributed by atoms with Crippen molar-refractivity contribution in [3.63, 3.8) is 0 Å². The molecule has 1 aromatic heterocycles. The van der Waals surface area contributed by atoms with Crippen LogP contribution in [0.3, 0.4) is 0 Å². The Morgan fingerprint density at radius 2 is 1.08 bits per heavy atom. The molecule has 8 amide bonds. The fraction of sp³-hybridized carbons (Fsp3) is 0.308. The van der Waals surface area contributed by atoms with Crippen molar-refractivity contribution in [3.8, 4) is 5.75 Å². The SMILES string of the molecule is C.CC(=O)C[C@@H](C=O)NC(=O)CN1C(=O)[C@@H](NC(=O)C(=O)c2ccco2)CN(C(C)=O)c2ccccc21.COc1ccccc1C(=O)C(=O)N[C@H]1CN(C(=O)CO)c2ccccc2N(CC(=O)N[C@H](C=O)CC(C)=O)C1=O. The van der Waals surface area contributed by atoms with Crippen LogP contribution in [0.1, 0.15) is 62.0 Å². The molecule has 2 aliphatic heterocycles. The Balaban J connectivity index is 0.000000330. The standard InChI is InChI=1S/C27H28N4O9.C24H24N4O8.CH4/c1-16(34)11-17(14-32)28-23(35)13-31-21-9-5-4-8-20(21)30(24(36)15-33)12-19(27(31)39)29-26(38)25(37)18-7-3-6-10-22(18)40-2;1-14(30)10-16(13-29)25-21(32)12-28-19-7-4-3-6-18(19)27(15(2)31)11-17(24(28)35)26-23(34)22(33)20-8-5-9-36-20;/h3-10,14,17,19,33H,11-13,15H2,1-2H3,(H,28,35)(H,29,38);3-9,13,16-17H,10-12H2,1-2H3,(H,25,32)(H,26,34);1H4/t17-,19-;16-,17-;/m00./s1. The van der Waals surface area contributed by atoms with Gasteiger partial charge in [0, 0.05) is 19.8 Å². The summed E-state index contributed by atoms with van der Waals surface area (Å²) in [6.45, 7) is 0.882. The topological polar surface area (TPSA) is 343 Å². The van der Waals surface area contributed by atoms with Crippen molar-refractivity contribution < 1.29 is 81.4 Å². The van der Waals surface area contributed by atoms with Gasteiger partial charge in [-0.15, -0.1) is 0 Å². The molecule has 0 spiro atoms. The lowest BCUT2D eigenvalue weighted by Gasteiger charge is -2.25. The molecule has 0 saturated heterocycles. The van der Waals surface area contributed by atoms with Crippen LogP contribution >= 0.6 is 0 Å². The number of nitrogens with zero attached hydrogens (tertiary/aromatic N) is 4. The molecule has 3 heterocycles. The lowest BCUT2D eigenvalue weighted by Crippen LogP contribution is -2.56. The smallest absolute Gasteiger partial charge is 0.296 e. The summed E-state index contributed by atoms with van der Waals surface area (Å²) >= 11 is 0. The number of aliphatic hydroxyl groups is 1. The molecule has 77 heavy (non-hydrogen) atoms. The van der Waals surface area contributed by atoms with E-state index in [1.807, 2.05) is 0 Å². The number of Topliss-reactive ketones (excluding diaryl/α,β-unsaturated/α-hetero) is 4. The molecule has 25 heteroatoms. The highest BCUT2D eigenvalue weighted by atomic mass is 16.5. The van der Waals surface area contributed by atoms with Crippen molar-refractivity contribution >= 4 is 106 Å². The molecule has 0 aliphatic carbocycles. The van der Waals surface area contributed by atoms with Gasteiger partial charge < -0.3 is 54.9 Å². The van der Waals surface area contributed by atoms with Gasteiger partial charge in [0.25, 0.3) is 41.1 Å². The highest BCUT2D eigenvalue weighted by Gasteiger charge is 2.40. The van der Waals surface area contributed by atoms with E-state index < -0.39 is 109 Å². The van der Waals surface area contributed by atoms with Gasteiger partial charge in [-0.05, 0) is 62.4 Å². The summed E-state index contributed by atoms with van der Waals surface area (Å²) in [5.41, 5.74) is 0.710. The predicted octanol–water partition coefficient (Wildman–Crippen LogP) is 0.0433. The molecule has 0 saturated carbocycles. The van der Waals surface area contributed by atoms with Crippen molar-refractivity contribution in [1.82, 2.24) is 21.3 Å². The fourth-order valence-electron chi connectivity index (χ4n) is 7.93. The number of fused-ring (bicyclic) bond motifs is 2. The number of para-hydroxylation sites is 5. The van der Waals surface area contributed by atoms with Crippen molar-refractivity contribution in [1.29, 1.82) is 0 Å². The summed E-state index contributed by atoms with van der Waals surface area (Å²) in [4.78, 5) is 178. The quantitative estimate of drug-likeness (QED) is 0.0443. The summed E-state index contributed by atoms with van der Waals surface area (Å²) in [6.07, 6.45) is 1.56. The van der Waals surface area contributed by atoms with E-state index in [-0.39, 0.29) is 72.5 Å². The second-order valence-corrected chi connectivity index (χ2v) is 16.9. The first kappa shape index (κ1) is 60.0. The van der Waals surface area contributed by atoms with E-state index in [1.54, 1.807) is 36.4 Å². The zero-order valence-corrected chi connectivity index (χ0v) is 41.3. The number of methoxy groups -OCH3 is 1. The summed E-state index contributed by atoms with van der Waals surface area (Å²) in [7, 11) is 1.32. The van der Waals surface area contributed by atoms with Gasteiger partial charge in [0.05, 0.1) is 66.9 Å². The Hall–Kier alpha value is -9.52. The minimum Gasteiger partial charge on any atom is -0.496 e. The zero-order chi connectivity index (χ0) is 55.8. The van der Waals surface area contributed by atoms with E-state index in [4.69, 9.17) is 9.15 Å². The van der Waals surface area contributed by atoms with Gasteiger partial charge >= 0.3 is 0 Å². The number of aliphatic hydroxyl groups excluding tert-OH is 1. The van der Waals surface area contributed by atoms with E-state index >= 15 is 0 Å². The molecule has 3 aromatic carbocycles. The molecule has 0 fully saturated rings. The van der Waals surface area contributed by atoms with Crippen LogP contribution in [0.5, 0.6) is 5.75 Å². The van der Waals surface area contributed by atoms with Crippen LogP contribution in [0.4, 0.5) is 22.7 Å². The van der Waals surface area contributed by atoms with Gasteiger partial charge in [-0.1, -0.05) is 43.8 Å². The molecule has 4 atom stereocenters. The molecule has 4 aromatic rings. The van der Waals surface area contributed by atoms with Crippen LogP contribution < -0.4 is 45.6 Å². The molecule has 0 radical (unpaired) electrons. The number of carbonyl (C=O) groups is 14. The normalized spacial score (nSPS) is 15.3. The van der Waals surface area contributed by atoms with E-state index in [9.17, 15) is 72.2 Å². The van der Waals surface area contributed by atoms with E-state index in [1.165, 1.54) is 87.6 Å². The number of ether oxygens (including phenoxy) is 1. The number of hydrogen-bond donors (Lipinski definition) is 5. The second kappa shape index (κ2) is 27.7. The molecule has 406 valence electrons. The Morgan fingerprint density at radius 1 is 0.636 bits per heavy atom. The monoisotopic (exact) mass is 1060 g/mol. The maximum atomic E-state index is 13.7. The number of hydrogen-bond acceptors (Lipinski definition) is 17. The third kappa shape index (κ3) is 15.3. The van der Waals surface area contributed by atoms with Gasteiger partial charge in [0.15, 0.2) is 5.76 Å². The van der Waals surface area contributed by atoms with Crippen LogP contribution in [-0.2, 0) is 57.5 Å². The van der Waals surface area contributed by atoms with E-state index in [0.717, 1.165) is 14.7 Å². The second-order valence-electron chi connectivity index (χ2n) is 16.9. The number of furan rings is 1. The first-order valence-electron chi connectivity index (χ1n) is 23.1. The largest absolute Gasteiger partial charge is 0.496 e. The third-order valence-electron chi connectivity index (χ3n) is 11.4. The Labute approximate surface area is 440 Å². The highest BCUT2D eigenvalue weighted by molar-refractivity contribution is 6.44. The lowest BCUT2D eigenvalue weighted by atomic mass is 10.1. The summed E-state index contributed by atoms with van der Waals surface area (Å²) in [5, 5.41) is 19.0. The van der Waals surface area contributed by atoms with E-state index in [2.05, 4.69) is 21.3 Å². The number of nitrogens with one attached hydrogen (secondary N) is 4. The Morgan fingerprint density at radius 3 is 1.51 bits per heavy atom. The number of carbonyl (C=O) groups excluding carboxylic acids is 14. The van der Waals surface area contributed by atoms with Gasteiger partial charge in [0.2, 0.25) is 17.7 Å². The van der Waals surface area contributed by atoms with Crippen molar-refractivity contribution in [2.75, 3.05) is 59.5 Å². The number of ketones is 4. The molecular formula is C52H56N8O17. The average Bonchev–Trinajstić information content (AvgIpc) is 3.90. The first-order chi connectivity index (χ1) is 36.2. The molecule has 2 aliphatic rings. The van der Waals surface area contributed by atoms with Crippen LogP contribution in [0, 0.1) is 0 Å². The third-order valence-corrected chi connectivity index (χ3v) is 11.4. The zero-order valence-electron chi connectivity index (χ0n) is 41.3. The van der Waals surface area contributed by atoms with Gasteiger partial charge in [-0.25, -0.2) is 0 Å². The van der Waals surface area contributed by atoms with Crippen LogP contribution in [0.15, 0.2) is 95.6 Å². The minimum absolute atomic E-state index is 0. The summed E-state index contributed by atoms with van der Waals surface area (Å²) in [5.74, 6) is -9.48. The fourth-order valence-corrected chi connectivity index (χ4v) is 7.93. The lowest BCUT2D eigenvalue weighted by molar-refractivity contribution is -0.128. The molecular weight excluding hydrogens is 1010 g/mol. The number of rotatable bonds is 20. The van der Waals surface area contributed by atoms with Crippen molar-refractivity contribution in [2.45, 2.75) is 65.2 Å². The maximum absolute atomic E-state index is 13.7. The van der Waals surface area contributed by atoms with Crippen molar-refractivity contribution in [3.05, 3.63) is 103 Å². The number of aldehydes is 2. The van der Waals surface area contributed by atoms with Crippen LogP contribution in [0.25, 0.3) is 0 Å². The Kier molecular flexibility index (Phi) is 21.6. The van der Waals surface area contributed by atoms with Crippen molar-refractivity contribution in [2.24, 2.45) is 0 Å². The number of anilines is 4. The molecule has 0 unspecified atom stereocenters. The maximum Gasteiger partial charge on any atom is 0.296 e. The predicted molar refractivity (Wildman–Crippen MR) is 273 cm³/mol. The Bertz CT molecular complexity index is 2940. The van der Waals surface area contributed by atoms with Crippen LogP contribution in [0.2, 0.25) is 0 Å². The molecule has 5 N–H and O–H groups in total. The molecule has 0 bridgehead atoms. The number of amides is 8. The summed E-state index contributed by atoms with van der Waals surface area (Å²) < 4.78 is 10.1. The molecule has 25 nitrogen and oxygen atoms in total. The van der Waals surface area contributed by atoms with Gasteiger partial charge in [-0.3, -0.25) is 67.3 Å². The average molecular weight is 1070 g/mol. The highest BCUT2D eigenvalue weighted by Crippen LogP contribution is 2.34. The number of benzene rings is 3. The van der Waals surface area contributed by atoms with E-state index in [0.29, 0.717) is 18.3 Å². The van der Waals surface area contributed by atoms with Gasteiger partial charge in [-0.2, -0.15) is 0 Å². The minimum atomic E-state index is -1.51. The van der Waals surface area contributed by atoms with Crippen LogP contribution in [-0.4, -0.2) is 152 Å². The van der Waals surface area contributed by atoms with Gasteiger partial charge in [0.1, 0.15) is 61.7 Å². The molecule has 6 rings (SSSR count).